The maximum absolute atomic E-state index is 13.4. The van der Waals surface area contributed by atoms with E-state index in [1.807, 2.05) is 6.07 Å². The standard InChI is InChI=1S/C38H48N2O7/c1-34(2,3)36(5,44)27-19-37-14-13-35(27,4)32-38(37)15-16-40(20-21-7-8-21)28(37)17-22-9-12-25(30(47-32)29(22)38)46-33(43)39-23-10-11-24(31(41)42)26(18-23)45-6/h9-12,18,21,27-28,32,44H,7-8,13-17,19-20H2,1-6H3,(H,39,43)(H,41,42)/t27-,28+,32-,35+,36+,37+,38-/m0/s1. The molecule has 7 aliphatic rings. The third kappa shape index (κ3) is 4.08. The lowest BCUT2D eigenvalue weighted by atomic mass is 9.31. The molecule has 5 fully saturated rings. The first-order chi connectivity index (χ1) is 22.2. The number of ether oxygens (including phenoxy) is 3. The minimum atomic E-state index is -1.11. The first kappa shape index (κ1) is 31.0. The molecular weight excluding hydrogens is 596 g/mol. The summed E-state index contributed by atoms with van der Waals surface area (Å²) in [5, 5.41) is 24.6. The summed E-state index contributed by atoms with van der Waals surface area (Å²) >= 11 is 0. The summed E-state index contributed by atoms with van der Waals surface area (Å²) in [7, 11) is 1.39. The molecule has 9 heteroatoms. The van der Waals surface area contributed by atoms with Crippen LogP contribution in [-0.2, 0) is 11.8 Å². The first-order valence-electron chi connectivity index (χ1n) is 17.4. The maximum atomic E-state index is 13.4. The molecular formula is C38H48N2O7. The maximum Gasteiger partial charge on any atom is 0.417 e. The quantitative estimate of drug-likeness (QED) is 0.307. The molecule has 9 nitrogen and oxygen atoms in total. The van der Waals surface area contributed by atoms with Gasteiger partial charge in [0.25, 0.3) is 0 Å². The van der Waals surface area contributed by atoms with Gasteiger partial charge in [-0.2, -0.15) is 0 Å². The predicted molar refractivity (Wildman–Crippen MR) is 177 cm³/mol. The smallest absolute Gasteiger partial charge is 0.417 e. The van der Waals surface area contributed by atoms with Crippen LogP contribution in [0, 0.1) is 28.1 Å². The van der Waals surface area contributed by atoms with Gasteiger partial charge >= 0.3 is 12.1 Å². The number of nitrogens with one attached hydrogen (secondary N) is 1. The fourth-order valence-electron chi connectivity index (χ4n) is 11.0. The van der Waals surface area contributed by atoms with Crippen LogP contribution in [-0.4, -0.2) is 65.1 Å². The number of hydrogen-bond acceptors (Lipinski definition) is 7. The normalized spacial score (nSPS) is 34.6. The Kier molecular flexibility index (Phi) is 6.51. The third-order valence-electron chi connectivity index (χ3n) is 13.9. The Labute approximate surface area is 277 Å². The van der Waals surface area contributed by atoms with Gasteiger partial charge in [-0.15, -0.1) is 0 Å². The highest BCUT2D eigenvalue weighted by Crippen LogP contribution is 2.79. The zero-order valence-electron chi connectivity index (χ0n) is 28.4. The summed E-state index contributed by atoms with van der Waals surface area (Å²) < 4.78 is 18.5. The number of carboxylic acid groups (broad SMARTS) is 1. The van der Waals surface area contributed by atoms with E-state index < -0.39 is 17.7 Å². The van der Waals surface area contributed by atoms with Crippen molar-refractivity contribution in [1.29, 1.82) is 0 Å². The summed E-state index contributed by atoms with van der Waals surface area (Å²) in [6, 6.07) is 8.80. The number of aliphatic hydroxyl groups is 1. The van der Waals surface area contributed by atoms with Crippen LogP contribution in [0.2, 0.25) is 0 Å². The highest BCUT2D eigenvalue weighted by molar-refractivity contribution is 5.93. The number of carbonyl (C=O) groups is 2. The SMILES string of the molecule is COc1cc(NC(=O)Oc2ccc3c4c2O[C@H]2[C@]5(C)CC[C@@]6(C[C@@H]5[C@@](C)(O)C(C)(C)C)[C@@H](C3)N(CC3CC3)CC[C@]426)ccc1C(=O)O. The minimum Gasteiger partial charge on any atom is -0.496 e. The number of nitrogens with zero attached hydrogens (tertiary/aromatic N) is 1. The number of carboxylic acids is 1. The number of aromatic carboxylic acids is 1. The number of fused-ring (bicyclic) bond motifs is 2. The van der Waals surface area contributed by atoms with Crippen LogP contribution in [0.5, 0.6) is 17.2 Å². The molecule has 2 aromatic carbocycles. The summed E-state index contributed by atoms with van der Waals surface area (Å²) in [5.41, 5.74) is 1.19. The Bertz CT molecular complexity index is 1680. The monoisotopic (exact) mass is 644 g/mol. The molecule has 0 radical (unpaired) electrons. The van der Waals surface area contributed by atoms with E-state index in [-0.39, 0.29) is 45.0 Å². The molecule has 47 heavy (non-hydrogen) atoms. The average Bonchev–Trinajstić information content (AvgIpc) is 3.75. The van der Waals surface area contributed by atoms with Crippen molar-refractivity contribution in [2.24, 2.45) is 28.1 Å². The second kappa shape index (κ2) is 9.88. The van der Waals surface area contributed by atoms with E-state index in [1.165, 1.54) is 49.3 Å². The van der Waals surface area contributed by atoms with Gasteiger partial charge in [0.2, 0.25) is 0 Å². The van der Waals surface area contributed by atoms with Crippen LogP contribution in [0.15, 0.2) is 30.3 Å². The molecule has 4 saturated carbocycles. The molecule has 0 unspecified atom stereocenters. The number of methoxy groups -OCH3 is 1. The fraction of sp³-hybridized carbons (Fsp3) is 0.632. The van der Waals surface area contributed by atoms with Gasteiger partial charge in [-0.05, 0) is 99.4 Å². The van der Waals surface area contributed by atoms with Crippen molar-refractivity contribution in [2.75, 3.05) is 25.5 Å². The number of amides is 1. The van der Waals surface area contributed by atoms with Crippen molar-refractivity contribution in [2.45, 2.75) is 103 Å². The summed E-state index contributed by atoms with van der Waals surface area (Å²) in [6.45, 7) is 13.1. The number of hydrogen-bond donors (Lipinski definition) is 3. The van der Waals surface area contributed by atoms with Gasteiger partial charge in [0.05, 0.1) is 12.7 Å². The molecule has 0 aromatic heterocycles. The molecule has 2 heterocycles. The van der Waals surface area contributed by atoms with Gasteiger partial charge in [-0.1, -0.05) is 33.8 Å². The number of benzene rings is 2. The van der Waals surface area contributed by atoms with Crippen molar-refractivity contribution in [3.8, 4) is 17.2 Å². The number of rotatable bonds is 7. The molecule has 1 amide bonds. The Morgan fingerprint density at radius 3 is 2.53 bits per heavy atom. The van der Waals surface area contributed by atoms with Crippen LogP contribution >= 0.6 is 0 Å². The second-order valence-corrected chi connectivity index (χ2v) is 16.9. The van der Waals surface area contributed by atoms with Gasteiger partial charge in [0, 0.05) is 46.1 Å². The second-order valence-electron chi connectivity index (χ2n) is 16.9. The molecule has 252 valence electrons. The van der Waals surface area contributed by atoms with Crippen LogP contribution in [0.4, 0.5) is 10.5 Å². The number of likely N-dealkylation sites (tertiary alicyclic amines) is 1. The highest BCUT2D eigenvalue weighted by Gasteiger charge is 2.80. The Morgan fingerprint density at radius 1 is 1.09 bits per heavy atom. The molecule has 1 saturated heterocycles. The molecule has 4 bridgehead atoms. The molecule has 9 rings (SSSR count). The Morgan fingerprint density at radius 2 is 1.85 bits per heavy atom. The van der Waals surface area contributed by atoms with Crippen molar-refractivity contribution < 1.29 is 34.0 Å². The molecule has 3 N–H and O–H groups in total. The zero-order valence-corrected chi connectivity index (χ0v) is 28.4. The molecule has 2 spiro atoms. The van der Waals surface area contributed by atoms with Crippen molar-refractivity contribution in [1.82, 2.24) is 4.90 Å². The molecule has 2 aromatic rings. The summed E-state index contributed by atoms with van der Waals surface area (Å²) in [4.78, 5) is 27.7. The van der Waals surface area contributed by atoms with E-state index >= 15 is 0 Å². The fourth-order valence-corrected chi connectivity index (χ4v) is 11.0. The van der Waals surface area contributed by atoms with Crippen LogP contribution < -0.4 is 19.5 Å². The van der Waals surface area contributed by atoms with Gasteiger partial charge in [-0.25, -0.2) is 9.59 Å². The lowest BCUT2D eigenvalue weighted by Gasteiger charge is -2.75. The predicted octanol–water partition coefficient (Wildman–Crippen LogP) is 6.65. The van der Waals surface area contributed by atoms with E-state index in [4.69, 9.17) is 14.2 Å². The van der Waals surface area contributed by atoms with Crippen molar-refractivity contribution in [3.63, 3.8) is 0 Å². The van der Waals surface area contributed by atoms with Gasteiger partial charge < -0.3 is 24.4 Å². The van der Waals surface area contributed by atoms with Crippen LogP contribution in [0.25, 0.3) is 0 Å². The van der Waals surface area contributed by atoms with E-state index in [9.17, 15) is 19.8 Å². The van der Waals surface area contributed by atoms with Crippen LogP contribution in [0.1, 0.15) is 94.6 Å². The van der Waals surface area contributed by atoms with Gasteiger partial charge in [-0.3, -0.25) is 10.2 Å². The van der Waals surface area contributed by atoms with E-state index in [0.717, 1.165) is 51.1 Å². The molecule has 7 atom stereocenters. The summed E-state index contributed by atoms with van der Waals surface area (Å²) in [6.07, 6.45) is 6.87. The largest absolute Gasteiger partial charge is 0.496 e. The minimum absolute atomic E-state index is 0.00632. The van der Waals surface area contributed by atoms with E-state index in [2.05, 4.69) is 50.9 Å². The number of carbonyl (C=O) groups excluding carboxylic acids is 1. The Balaban J connectivity index is 1.19. The molecule has 2 aliphatic heterocycles. The number of piperidine rings is 1. The molecule has 5 aliphatic carbocycles. The first-order valence-corrected chi connectivity index (χ1v) is 17.4. The number of anilines is 1. The van der Waals surface area contributed by atoms with Gasteiger partial charge in [0.15, 0.2) is 11.5 Å². The topological polar surface area (TPSA) is 118 Å². The lowest BCUT2D eigenvalue weighted by molar-refractivity contribution is -0.276. The van der Waals surface area contributed by atoms with Crippen LogP contribution in [0.3, 0.4) is 0 Å². The van der Waals surface area contributed by atoms with E-state index in [1.54, 1.807) is 0 Å². The van der Waals surface area contributed by atoms with Crippen molar-refractivity contribution >= 4 is 17.7 Å². The Hall–Kier alpha value is -3.30. The summed E-state index contributed by atoms with van der Waals surface area (Å²) in [5.74, 6) is 0.968. The highest BCUT2D eigenvalue weighted by atomic mass is 16.6. The average molecular weight is 645 g/mol. The van der Waals surface area contributed by atoms with Crippen molar-refractivity contribution in [3.05, 3.63) is 47.0 Å². The lowest BCUT2D eigenvalue weighted by Crippen LogP contribution is -2.80. The van der Waals surface area contributed by atoms with E-state index in [0.29, 0.717) is 23.2 Å². The van der Waals surface area contributed by atoms with Gasteiger partial charge in [0.1, 0.15) is 17.4 Å². The third-order valence-corrected chi connectivity index (χ3v) is 13.9. The zero-order chi connectivity index (χ0) is 33.3.